The van der Waals surface area contributed by atoms with Crippen LogP contribution in [-0.2, 0) is 20.0 Å². The number of hydrogen-bond acceptors (Lipinski definition) is 7. The molecule has 0 saturated heterocycles. The lowest BCUT2D eigenvalue weighted by Gasteiger charge is -2.11. The molecule has 1 aromatic carbocycles. The van der Waals surface area contributed by atoms with Crippen molar-refractivity contribution in [1.82, 2.24) is 24.5 Å². The van der Waals surface area contributed by atoms with Crippen LogP contribution in [0.2, 0.25) is 0 Å². The van der Waals surface area contributed by atoms with Crippen LogP contribution in [0, 0.1) is 6.92 Å². The van der Waals surface area contributed by atoms with Gasteiger partial charge in [-0.15, -0.1) is 11.3 Å². The van der Waals surface area contributed by atoms with Gasteiger partial charge in [0.2, 0.25) is 0 Å². The van der Waals surface area contributed by atoms with Crippen LogP contribution in [0.1, 0.15) is 43.5 Å². The first kappa shape index (κ1) is 28.7. The highest BCUT2D eigenvalue weighted by Crippen LogP contribution is 2.43. The number of primary amides is 1. The van der Waals surface area contributed by atoms with E-state index in [9.17, 15) is 31.5 Å². The fourth-order valence-electron chi connectivity index (χ4n) is 4.13. The number of aryl methyl sites for hydroxylation is 1. The maximum Gasteiger partial charge on any atom is 0.416 e. The summed E-state index contributed by atoms with van der Waals surface area (Å²) in [5.74, 6) is -1.75. The zero-order valence-electron chi connectivity index (χ0n) is 21.7. The molecule has 16 heteroatoms. The van der Waals surface area contributed by atoms with Crippen LogP contribution in [0.5, 0.6) is 5.75 Å². The number of nitrogens with one attached hydrogen (secondary N) is 1. The summed E-state index contributed by atoms with van der Waals surface area (Å²) < 4.78 is 74.4. The van der Waals surface area contributed by atoms with Crippen molar-refractivity contribution in [3.8, 4) is 16.9 Å². The van der Waals surface area contributed by atoms with E-state index >= 15 is 0 Å². The van der Waals surface area contributed by atoms with Gasteiger partial charge in [-0.3, -0.25) is 14.3 Å². The first-order valence-corrected chi connectivity index (χ1v) is 12.8. The van der Waals surface area contributed by atoms with Crippen LogP contribution < -0.4 is 15.8 Å². The first-order valence-electron chi connectivity index (χ1n) is 12.0. The summed E-state index contributed by atoms with van der Waals surface area (Å²) in [6.45, 7) is 1.41. The van der Waals surface area contributed by atoms with E-state index < -0.39 is 35.7 Å². The standard InChI is InChI=1S/C26H20F5N7O3S/c1-12-16(10-33-37(12)2)15-9-18(22(27)28)34-25-19(15)20(21(42-25)23(32)39)35-24(40)17-6-7-38(36-17)11-41-14-5-3-4-13(8-14)26(29,30)31/h3-10,22H,11H2,1-2H3,(H2,32,39)(H,35,40). The molecular weight excluding hydrogens is 585 g/mol. The van der Waals surface area contributed by atoms with Gasteiger partial charge in [-0.1, -0.05) is 6.07 Å². The van der Waals surface area contributed by atoms with E-state index in [1.54, 1.807) is 14.0 Å². The number of carbonyl (C=O) groups excluding carboxylic acids is 2. The predicted molar refractivity (Wildman–Crippen MR) is 142 cm³/mol. The third-order valence-corrected chi connectivity index (χ3v) is 7.39. The molecule has 4 heterocycles. The predicted octanol–water partition coefficient (Wildman–Crippen LogP) is 5.55. The monoisotopic (exact) mass is 605 g/mol. The molecule has 0 atom stereocenters. The number of nitrogens with two attached hydrogens (primary N) is 1. The number of benzene rings is 1. The SMILES string of the molecule is Cc1c(-c2cc(C(F)F)nc3sc(C(N)=O)c(NC(=O)c4ccn(COc5cccc(C(F)(F)F)c5)n4)c23)cnn1C. The van der Waals surface area contributed by atoms with Crippen molar-refractivity contribution < 1.29 is 36.3 Å². The van der Waals surface area contributed by atoms with Gasteiger partial charge in [0, 0.05) is 29.9 Å². The van der Waals surface area contributed by atoms with Crippen molar-refractivity contribution in [2.45, 2.75) is 26.3 Å². The second kappa shape index (κ2) is 10.8. The van der Waals surface area contributed by atoms with Gasteiger partial charge >= 0.3 is 6.18 Å². The Hall–Kier alpha value is -4.86. The summed E-state index contributed by atoms with van der Waals surface area (Å²) in [5.41, 5.74) is 5.36. The number of anilines is 1. The Morgan fingerprint density at radius 1 is 1.17 bits per heavy atom. The zero-order valence-corrected chi connectivity index (χ0v) is 22.6. The van der Waals surface area contributed by atoms with E-state index in [0.717, 1.165) is 23.5 Å². The molecule has 10 nitrogen and oxygen atoms in total. The second-order valence-electron chi connectivity index (χ2n) is 9.01. The second-order valence-corrected chi connectivity index (χ2v) is 10.0. The maximum atomic E-state index is 13.7. The highest BCUT2D eigenvalue weighted by molar-refractivity contribution is 7.21. The van der Waals surface area contributed by atoms with E-state index in [1.165, 1.54) is 46.0 Å². The maximum absolute atomic E-state index is 13.7. The van der Waals surface area contributed by atoms with Crippen LogP contribution in [0.25, 0.3) is 21.3 Å². The molecule has 0 aliphatic carbocycles. The number of nitrogens with zero attached hydrogens (tertiary/aromatic N) is 5. The number of aromatic nitrogens is 5. The number of carbonyl (C=O) groups is 2. The molecule has 42 heavy (non-hydrogen) atoms. The smallest absolute Gasteiger partial charge is 0.416 e. The van der Waals surface area contributed by atoms with Crippen molar-refractivity contribution in [3.63, 3.8) is 0 Å². The lowest BCUT2D eigenvalue weighted by Crippen LogP contribution is -2.18. The van der Waals surface area contributed by atoms with Gasteiger partial charge in [-0.2, -0.15) is 23.4 Å². The summed E-state index contributed by atoms with van der Waals surface area (Å²) in [6.07, 6.45) is -4.62. The summed E-state index contributed by atoms with van der Waals surface area (Å²) >= 11 is 0.749. The average Bonchev–Trinajstić information content (AvgIpc) is 3.64. The van der Waals surface area contributed by atoms with E-state index in [1.807, 2.05) is 0 Å². The van der Waals surface area contributed by atoms with Gasteiger partial charge in [0.1, 0.15) is 21.2 Å². The summed E-state index contributed by atoms with van der Waals surface area (Å²) in [6, 6.07) is 6.77. The number of hydrogen-bond donors (Lipinski definition) is 2. The Bertz CT molecular complexity index is 1830. The van der Waals surface area contributed by atoms with E-state index in [2.05, 4.69) is 20.5 Å². The van der Waals surface area contributed by atoms with Crippen LogP contribution in [0.3, 0.4) is 0 Å². The number of thiophene rings is 1. The van der Waals surface area contributed by atoms with E-state index in [0.29, 0.717) is 11.3 Å². The molecule has 0 bridgehead atoms. The fourth-order valence-corrected chi connectivity index (χ4v) is 5.15. The molecule has 0 spiro atoms. The number of halogens is 5. The normalized spacial score (nSPS) is 11.8. The van der Waals surface area contributed by atoms with Crippen LogP contribution in [0.15, 0.2) is 48.8 Å². The highest BCUT2D eigenvalue weighted by Gasteiger charge is 2.31. The van der Waals surface area contributed by atoms with Gasteiger partial charge in [0.15, 0.2) is 12.4 Å². The highest BCUT2D eigenvalue weighted by atomic mass is 32.1. The van der Waals surface area contributed by atoms with Crippen molar-refractivity contribution >= 4 is 39.1 Å². The zero-order chi connectivity index (χ0) is 30.3. The van der Waals surface area contributed by atoms with Crippen molar-refractivity contribution in [2.75, 3.05) is 5.32 Å². The molecule has 0 aliphatic rings. The van der Waals surface area contributed by atoms with E-state index in [-0.39, 0.29) is 44.5 Å². The van der Waals surface area contributed by atoms with Gasteiger partial charge in [0.05, 0.1) is 17.4 Å². The van der Waals surface area contributed by atoms with Gasteiger partial charge in [-0.05, 0) is 42.8 Å². The minimum absolute atomic E-state index is 0.0335. The Balaban J connectivity index is 1.47. The number of fused-ring (bicyclic) bond motifs is 1. The Morgan fingerprint density at radius 3 is 2.57 bits per heavy atom. The summed E-state index contributed by atoms with van der Waals surface area (Å²) in [4.78, 5) is 29.5. The average molecular weight is 606 g/mol. The molecule has 0 radical (unpaired) electrons. The minimum Gasteiger partial charge on any atom is -0.471 e. The van der Waals surface area contributed by atoms with Crippen LogP contribution in [0.4, 0.5) is 27.6 Å². The number of rotatable bonds is 8. The Kier molecular flexibility index (Phi) is 7.40. The van der Waals surface area contributed by atoms with Crippen LogP contribution in [-0.4, -0.2) is 36.4 Å². The Labute approximate surface area is 237 Å². The third-order valence-electron chi connectivity index (χ3n) is 6.29. The molecule has 5 rings (SSSR count). The molecular formula is C26H20F5N7O3S. The van der Waals surface area contributed by atoms with Crippen molar-refractivity contribution in [3.05, 3.63) is 76.3 Å². The molecule has 2 amide bonds. The summed E-state index contributed by atoms with van der Waals surface area (Å²) in [7, 11) is 1.67. The number of alkyl halides is 5. The Morgan fingerprint density at radius 2 is 1.93 bits per heavy atom. The number of ether oxygens (including phenoxy) is 1. The molecule has 0 fully saturated rings. The fraction of sp³-hybridized carbons (Fsp3) is 0.192. The largest absolute Gasteiger partial charge is 0.471 e. The van der Waals surface area contributed by atoms with Crippen molar-refractivity contribution in [2.24, 2.45) is 12.8 Å². The molecule has 0 unspecified atom stereocenters. The molecule has 5 aromatic rings. The van der Waals surface area contributed by atoms with Gasteiger partial charge in [-0.25, -0.2) is 18.4 Å². The summed E-state index contributed by atoms with van der Waals surface area (Å²) in [5, 5.41) is 11.1. The van der Waals surface area contributed by atoms with E-state index in [4.69, 9.17) is 10.5 Å². The molecule has 0 aliphatic heterocycles. The first-order chi connectivity index (χ1) is 19.8. The molecule has 0 saturated carbocycles. The lowest BCUT2D eigenvalue weighted by molar-refractivity contribution is -0.137. The van der Waals surface area contributed by atoms with Gasteiger partial charge in [0.25, 0.3) is 18.2 Å². The van der Waals surface area contributed by atoms with Crippen LogP contribution >= 0.6 is 11.3 Å². The number of pyridine rings is 1. The topological polar surface area (TPSA) is 130 Å². The minimum atomic E-state index is -4.54. The molecule has 218 valence electrons. The van der Waals surface area contributed by atoms with Crippen molar-refractivity contribution in [1.29, 1.82) is 0 Å². The molecule has 4 aromatic heterocycles. The quantitative estimate of drug-likeness (QED) is 0.223. The number of amides is 2. The van der Waals surface area contributed by atoms with Gasteiger partial charge < -0.3 is 15.8 Å². The third kappa shape index (κ3) is 5.52. The lowest BCUT2D eigenvalue weighted by atomic mass is 10.0. The molecule has 3 N–H and O–H groups in total.